The minimum atomic E-state index is -0.465. The molecule has 0 bridgehead atoms. The van der Waals surface area contributed by atoms with Crippen molar-refractivity contribution in [2.75, 3.05) is 12.4 Å². The topological polar surface area (TPSA) is 81.5 Å². The van der Waals surface area contributed by atoms with Crippen molar-refractivity contribution in [3.63, 3.8) is 0 Å². The van der Waals surface area contributed by atoms with Crippen molar-refractivity contribution in [3.8, 4) is 0 Å². The van der Waals surface area contributed by atoms with Gasteiger partial charge in [0.2, 0.25) is 0 Å². The molecule has 0 saturated carbocycles. The zero-order valence-corrected chi connectivity index (χ0v) is 16.2. The van der Waals surface area contributed by atoms with E-state index in [1.165, 1.54) is 7.11 Å². The number of benzene rings is 2. The fourth-order valence-corrected chi connectivity index (χ4v) is 4.52. The number of anilines is 1. The smallest absolute Gasteiger partial charge is 0.338 e. The average Bonchev–Trinajstić information content (AvgIpc) is 3.17. The van der Waals surface area contributed by atoms with E-state index in [-0.39, 0.29) is 34.6 Å². The van der Waals surface area contributed by atoms with Crippen molar-refractivity contribution in [1.29, 1.82) is 0 Å². The Morgan fingerprint density at radius 3 is 2.82 bits per heavy atom. The number of methoxy groups -OCH3 is 1. The van der Waals surface area contributed by atoms with Gasteiger partial charge >= 0.3 is 5.97 Å². The van der Waals surface area contributed by atoms with Gasteiger partial charge in [-0.15, -0.1) is 0 Å². The first-order chi connectivity index (χ1) is 13.4. The third-order valence-electron chi connectivity index (χ3n) is 5.66. The summed E-state index contributed by atoms with van der Waals surface area (Å²) < 4.78 is 4.98. The molecule has 0 saturated heterocycles. The first-order valence-electron chi connectivity index (χ1n) is 9.01. The van der Waals surface area contributed by atoms with Gasteiger partial charge in [-0.1, -0.05) is 35.9 Å². The highest BCUT2D eigenvalue weighted by Gasteiger charge is 2.41. The van der Waals surface area contributed by atoms with Crippen LogP contribution in [0.4, 0.5) is 11.4 Å². The van der Waals surface area contributed by atoms with Gasteiger partial charge in [0.25, 0.3) is 5.69 Å². The highest BCUT2D eigenvalue weighted by Crippen LogP contribution is 2.52. The van der Waals surface area contributed by atoms with Crippen LogP contribution in [0.1, 0.15) is 45.4 Å². The molecule has 2 aliphatic rings. The quantitative estimate of drug-likeness (QED) is 0.334. The second-order valence-electron chi connectivity index (χ2n) is 7.15. The van der Waals surface area contributed by atoms with E-state index in [0.717, 1.165) is 28.8 Å². The van der Waals surface area contributed by atoms with E-state index >= 15 is 0 Å². The number of nitrogens with one attached hydrogen (secondary N) is 1. The Balaban J connectivity index is 1.85. The Hall–Kier alpha value is -2.86. The van der Waals surface area contributed by atoms with Crippen LogP contribution in [0, 0.1) is 23.0 Å². The number of halogens is 1. The van der Waals surface area contributed by atoms with Gasteiger partial charge in [0, 0.05) is 17.7 Å². The van der Waals surface area contributed by atoms with Crippen LogP contribution < -0.4 is 5.32 Å². The number of ether oxygens (including phenoxy) is 1. The van der Waals surface area contributed by atoms with E-state index < -0.39 is 4.92 Å². The summed E-state index contributed by atoms with van der Waals surface area (Å²) >= 11 is 5.99. The number of allylic oxidation sites excluding steroid dienone is 2. The fourth-order valence-electron chi connectivity index (χ4n) is 4.34. The second-order valence-corrected chi connectivity index (χ2v) is 7.56. The molecule has 0 amide bonds. The molecule has 1 aliphatic carbocycles. The SMILES string of the molecule is COC(=O)c1ccc(C)c2c1[C@@H]1C=CC[C@@H]1[C@@H](c1ccc(Cl)c([N+](=O)[O-])c1)N2. The third-order valence-corrected chi connectivity index (χ3v) is 5.98. The largest absolute Gasteiger partial charge is 0.465 e. The van der Waals surface area contributed by atoms with Crippen molar-refractivity contribution in [3.05, 3.63) is 79.9 Å². The number of hydrogen-bond acceptors (Lipinski definition) is 5. The monoisotopic (exact) mass is 398 g/mol. The van der Waals surface area contributed by atoms with Crippen LogP contribution in [0.5, 0.6) is 0 Å². The summed E-state index contributed by atoms with van der Waals surface area (Å²) in [5.41, 5.74) is 4.09. The Morgan fingerprint density at radius 1 is 1.32 bits per heavy atom. The molecule has 0 fully saturated rings. The van der Waals surface area contributed by atoms with Crippen molar-refractivity contribution in [1.82, 2.24) is 0 Å². The van der Waals surface area contributed by atoms with Gasteiger partial charge in [-0.25, -0.2) is 4.79 Å². The predicted molar refractivity (Wildman–Crippen MR) is 107 cm³/mol. The van der Waals surface area contributed by atoms with Crippen molar-refractivity contribution in [2.24, 2.45) is 5.92 Å². The highest BCUT2D eigenvalue weighted by molar-refractivity contribution is 6.32. The Morgan fingerprint density at radius 2 is 2.11 bits per heavy atom. The van der Waals surface area contributed by atoms with E-state index in [0.29, 0.717) is 5.56 Å². The maximum Gasteiger partial charge on any atom is 0.338 e. The number of esters is 1. The molecular weight excluding hydrogens is 380 g/mol. The van der Waals surface area contributed by atoms with Gasteiger partial charge in [0.05, 0.1) is 23.6 Å². The fraction of sp³-hybridized carbons (Fsp3) is 0.286. The number of nitrogens with zero attached hydrogens (tertiary/aromatic N) is 1. The van der Waals surface area contributed by atoms with E-state index in [1.807, 2.05) is 19.1 Å². The van der Waals surface area contributed by atoms with E-state index in [1.54, 1.807) is 18.2 Å². The Bertz CT molecular complexity index is 1020. The van der Waals surface area contributed by atoms with Gasteiger partial charge in [-0.05, 0) is 48.1 Å². The first-order valence-corrected chi connectivity index (χ1v) is 9.39. The highest BCUT2D eigenvalue weighted by atomic mass is 35.5. The predicted octanol–water partition coefficient (Wildman–Crippen LogP) is 5.17. The lowest BCUT2D eigenvalue weighted by Gasteiger charge is -2.39. The molecular formula is C21H19ClN2O4. The minimum absolute atomic E-state index is 0.0324. The molecule has 1 aliphatic heterocycles. The Kier molecular flexibility index (Phi) is 4.59. The molecule has 28 heavy (non-hydrogen) atoms. The zero-order valence-electron chi connectivity index (χ0n) is 15.4. The maximum atomic E-state index is 12.3. The number of fused-ring (bicyclic) bond motifs is 3. The van der Waals surface area contributed by atoms with Gasteiger partial charge in [0.1, 0.15) is 5.02 Å². The van der Waals surface area contributed by atoms with Crippen LogP contribution in [-0.4, -0.2) is 18.0 Å². The molecule has 0 spiro atoms. The standard InChI is InChI=1S/C21H19ClN2O4/c1-11-6-8-15(21(25)28-2)18-13-4-3-5-14(13)20(23-19(11)18)12-7-9-16(22)17(10-12)24(26)27/h3-4,6-10,13-14,20,23H,5H2,1-2H3/t13-,14+,20-/m1/s1. The zero-order chi connectivity index (χ0) is 20.0. The molecule has 6 nitrogen and oxygen atoms in total. The van der Waals surface area contributed by atoms with E-state index in [2.05, 4.69) is 17.5 Å². The lowest BCUT2D eigenvalue weighted by Crippen LogP contribution is -2.31. The molecule has 144 valence electrons. The van der Waals surface area contributed by atoms with Crippen molar-refractivity contribution >= 4 is 28.9 Å². The van der Waals surface area contributed by atoms with Crippen LogP contribution in [0.2, 0.25) is 5.02 Å². The number of carbonyl (C=O) groups is 1. The van der Waals surface area contributed by atoms with Gasteiger partial charge in [0.15, 0.2) is 0 Å². The summed E-state index contributed by atoms with van der Waals surface area (Å²) in [5.74, 6) is -0.193. The van der Waals surface area contributed by atoms with E-state index in [9.17, 15) is 14.9 Å². The summed E-state index contributed by atoms with van der Waals surface area (Å²) in [7, 11) is 1.38. The van der Waals surface area contributed by atoms with Crippen LogP contribution in [0.3, 0.4) is 0 Å². The summed E-state index contributed by atoms with van der Waals surface area (Å²) in [6.45, 7) is 1.98. The molecule has 0 radical (unpaired) electrons. The molecule has 1 N–H and O–H groups in total. The third kappa shape index (κ3) is 2.85. The number of aryl methyl sites for hydroxylation is 1. The van der Waals surface area contributed by atoms with Gasteiger partial charge < -0.3 is 10.1 Å². The summed E-state index contributed by atoms with van der Waals surface area (Å²) in [6, 6.07) is 8.50. The molecule has 4 rings (SSSR count). The molecule has 0 unspecified atom stereocenters. The lowest BCUT2D eigenvalue weighted by molar-refractivity contribution is -0.384. The van der Waals surface area contributed by atoms with Crippen LogP contribution in [-0.2, 0) is 4.74 Å². The number of nitro benzene ring substituents is 1. The first kappa shape index (κ1) is 18.5. The Labute approximate surface area is 167 Å². The van der Waals surface area contributed by atoms with Crippen molar-refractivity contribution in [2.45, 2.75) is 25.3 Å². The number of rotatable bonds is 3. The van der Waals surface area contributed by atoms with E-state index in [4.69, 9.17) is 16.3 Å². The molecule has 0 aromatic heterocycles. The normalized spacial score (nSPS) is 22.2. The number of nitro groups is 1. The minimum Gasteiger partial charge on any atom is -0.465 e. The number of hydrogen-bond donors (Lipinski definition) is 1. The maximum absolute atomic E-state index is 12.3. The summed E-state index contributed by atoms with van der Waals surface area (Å²) in [5, 5.41) is 15.0. The summed E-state index contributed by atoms with van der Waals surface area (Å²) in [6.07, 6.45) is 5.03. The van der Waals surface area contributed by atoms with Gasteiger partial charge in [-0.3, -0.25) is 10.1 Å². The lowest BCUT2D eigenvalue weighted by atomic mass is 9.74. The number of carbonyl (C=O) groups excluding carboxylic acids is 1. The van der Waals surface area contributed by atoms with Crippen LogP contribution >= 0.6 is 11.6 Å². The molecule has 2 aromatic rings. The molecule has 3 atom stereocenters. The molecule has 7 heteroatoms. The summed E-state index contributed by atoms with van der Waals surface area (Å²) in [4.78, 5) is 23.2. The average molecular weight is 399 g/mol. The van der Waals surface area contributed by atoms with Crippen LogP contribution in [0.25, 0.3) is 0 Å². The van der Waals surface area contributed by atoms with Gasteiger partial charge in [-0.2, -0.15) is 0 Å². The molecule has 2 aromatic carbocycles. The second kappa shape index (κ2) is 6.95. The molecule has 1 heterocycles. The van der Waals surface area contributed by atoms with Crippen LogP contribution in [0.15, 0.2) is 42.5 Å². The van der Waals surface area contributed by atoms with Crippen molar-refractivity contribution < 1.29 is 14.5 Å².